The minimum atomic E-state index is -4.31. The molecule has 1 heterocycles. The lowest BCUT2D eigenvalue weighted by molar-refractivity contribution is -0.137. The highest BCUT2D eigenvalue weighted by atomic mass is 19.4. The lowest BCUT2D eigenvalue weighted by Crippen LogP contribution is -2.07. The van der Waals surface area contributed by atoms with Gasteiger partial charge in [-0.1, -0.05) is 0 Å². The fourth-order valence-corrected chi connectivity index (χ4v) is 0.766. The van der Waals surface area contributed by atoms with Crippen molar-refractivity contribution in [1.29, 1.82) is 0 Å². The molecular weight excluding hydrogens is 169 g/mol. The van der Waals surface area contributed by atoms with Crippen LogP contribution in [-0.2, 0) is 12.7 Å². The third kappa shape index (κ3) is 1.94. The molecule has 0 spiro atoms. The Balaban J connectivity index is 3.02. The first-order valence-corrected chi connectivity index (χ1v) is 3.26. The fourth-order valence-electron chi connectivity index (χ4n) is 0.766. The number of alkyl halides is 3. The Labute approximate surface area is 67.2 Å². The predicted octanol–water partition coefficient (Wildman–Crippen LogP) is 1.56. The SMILES string of the molecule is NCc1cc(C(F)(F)F)ccn1. The van der Waals surface area contributed by atoms with Crippen molar-refractivity contribution in [3.05, 3.63) is 29.6 Å². The van der Waals surface area contributed by atoms with Gasteiger partial charge < -0.3 is 5.73 Å². The van der Waals surface area contributed by atoms with Gasteiger partial charge in [0.1, 0.15) is 0 Å². The summed E-state index contributed by atoms with van der Waals surface area (Å²) in [6.07, 6.45) is -3.21. The lowest BCUT2D eigenvalue weighted by Gasteiger charge is -2.06. The molecule has 0 radical (unpaired) electrons. The van der Waals surface area contributed by atoms with Crippen molar-refractivity contribution in [2.45, 2.75) is 12.7 Å². The molecule has 1 rings (SSSR count). The van der Waals surface area contributed by atoms with Gasteiger partial charge in [-0.15, -0.1) is 0 Å². The predicted molar refractivity (Wildman–Crippen MR) is 37.1 cm³/mol. The number of aromatic nitrogens is 1. The molecule has 2 nitrogen and oxygen atoms in total. The Morgan fingerprint density at radius 3 is 2.58 bits per heavy atom. The molecule has 0 fully saturated rings. The topological polar surface area (TPSA) is 38.9 Å². The maximum atomic E-state index is 12.0. The summed E-state index contributed by atoms with van der Waals surface area (Å²) in [5.41, 5.74) is 4.66. The van der Waals surface area contributed by atoms with Gasteiger partial charge in [0.15, 0.2) is 0 Å². The number of nitrogens with zero attached hydrogens (tertiary/aromatic N) is 1. The lowest BCUT2D eigenvalue weighted by atomic mass is 10.2. The van der Waals surface area contributed by atoms with E-state index in [1.54, 1.807) is 0 Å². The highest BCUT2D eigenvalue weighted by molar-refractivity contribution is 5.19. The summed E-state index contributed by atoms with van der Waals surface area (Å²) in [7, 11) is 0. The van der Waals surface area contributed by atoms with Gasteiger partial charge in [-0.2, -0.15) is 13.2 Å². The first kappa shape index (κ1) is 8.99. The quantitative estimate of drug-likeness (QED) is 0.705. The van der Waals surface area contributed by atoms with Crippen molar-refractivity contribution < 1.29 is 13.2 Å². The van der Waals surface area contributed by atoms with E-state index in [1.807, 2.05) is 0 Å². The van der Waals surface area contributed by atoms with Gasteiger partial charge in [-0.3, -0.25) is 4.98 Å². The smallest absolute Gasteiger partial charge is 0.325 e. The first-order chi connectivity index (χ1) is 5.54. The van der Waals surface area contributed by atoms with Gasteiger partial charge in [-0.05, 0) is 12.1 Å². The number of rotatable bonds is 1. The largest absolute Gasteiger partial charge is 0.416 e. The molecule has 66 valence electrons. The second-order valence-corrected chi connectivity index (χ2v) is 2.24. The second-order valence-electron chi connectivity index (χ2n) is 2.24. The van der Waals surface area contributed by atoms with Crippen LogP contribution in [0.15, 0.2) is 18.3 Å². The molecule has 0 unspecified atom stereocenters. The zero-order valence-electron chi connectivity index (χ0n) is 6.10. The van der Waals surface area contributed by atoms with Crippen LogP contribution in [0.5, 0.6) is 0 Å². The Morgan fingerprint density at radius 2 is 2.08 bits per heavy atom. The summed E-state index contributed by atoms with van der Waals surface area (Å²) in [6.45, 7) is 0.0178. The average Bonchev–Trinajstić information content (AvgIpc) is 2.03. The molecule has 5 heteroatoms. The van der Waals surface area contributed by atoms with E-state index in [1.165, 1.54) is 0 Å². The van der Waals surface area contributed by atoms with E-state index in [9.17, 15) is 13.2 Å². The standard InChI is InChI=1S/C7H7F3N2/c8-7(9,10)5-1-2-12-6(3-5)4-11/h1-3H,4,11H2. The van der Waals surface area contributed by atoms with Crippen molar-refractivity contribution in [3.8, 4) is 0 Å². The van der Waals surface area contributed by atoms with Crippen LogP contribution in [0.25, 0.3) is 0 Å². The second kappa shape index (κ2) is 3.10. The fraction of sp³-hybridized carbons (Fsp3) is 0.286. The van der Waals surface area contributed by atoms with E-state index >= 15 is 0 Å². The molecule has 0 bridgehead atoms. The first-order valence-electron chi connectivity index (χ1n) is 3.26. The van der Waals surface area contributed by atoms with Gasteiger partial charge in [0.2, 0.25) is 0 Å². The van der Waals surface area contributed by atoms with Crippen molar-refractivity contribution in [3.63, 3.8) is 0 Å². The van der Waals surface area contributed by atoms with Crippen LogP contribution in [0, 0.1) is 0 Å². The molecule has 0 aromatic carbocycles. The van der Waals surface area contributed by atoms with Crippen LogP contribution in [0.1, 0.15) is 11.3 Å². The van der Waals surface area contributed by atoms with Crippen LogP contribution < -0.4 is 5.73 Å². The zero-order valence-corrected chi connectivity index (χ0v) is 6.10. The Bertz CT molecular complexity index is 270. The molecule has 1 aromatic rings. The van der Waals surface area contributed by atoms with Crippen molar-refractivity contribution in [1.82, 2.24) is 4.98 Å². The summed E-state index contributed by atoms with van der Waals surface area (Å²) in [6, 6.07) is 1.86. The van der Waals surface area contributed by atoms with Gasteiger partial charge in [0.25, 0.3) is 0 Å². The van der Waals surface area contributed by atoms with Crippen molar-refractivity contribution in [2.75, 3.05) is 0 Å². The number of pyridine rings is 1. The Hall–Kier alpha value is -1.10. The van der Waals surface area contributed by atoms with E-state index in [-0.39, 0.29) is 12.2 Å². The van der Waals surface area contributed by atoms with Crippen molar-refractivity contribution >= 4 is 0 Å². The number of hydrogen-bond donors (Lipinski definition) is 1. The van der Waals surface area contributed by atoms with Crippen LogP contribution in [0.3, 0.4) is 0 Å². The summed E-state index contributed by atoms with van der Waals surface area (Å²) < 4.78 is 36.1. The molecule has 0 saturated carbocycles. The average molecular weight is 176 g/mol. The van der Waals surface area contributed by atoms with Crippen LogP contribution in [0.2, 0.25) is 0 Å². The van der Waals surface area contributed by atoms with Gasteiger partial charge in [0, 0.05) is 12.7 Å². The molecule has 1 aromatic heterocycles. The minimum Gasteiger partial charge on any atom is -0.325 e. The van der Waals surface area contributed by atoms with Crippen LogP contribution in [0.4, 0.5) is 13.2 Å². The molecule has 2 N–H and O–H groups in total. The molecule has 0 aliphatic carbocycles. The van der Waals surface area contributed by atoms with Gasteiger partial charge in [-0.25, -0.2) is 0 Å². The van der Waals surface area contributed by atoms with Crippen LogP contribution in [-0.4, -0.2) is 4.98 Å². The summed E-state index contributed by atoms with van der Waals surface area (Å²) in [5, 5.41) is 0. The van der Waals surface area contributed by atoms with E-state index in [4.69, 9.17) is 5.73 Å². The van der Waals surface area contributed by atoms with Gasteiger partial charge in [0.05, 0.1) is 11.3 Å². The van der Waals surface area contributed by atoms with E-state index in [0.29, 0.717) is 0 Å². The summed E-state index contributed by atoms with van der Waals surface area (Å²) in [4.78, 5) is 3.65. The number of nitrogens with two attached hydrogens (primary N) is 1. The Morgan fingerprint density at radius 1 is 1.42 bits per heavy atom. The highest BCUT2D eigenvalue weighted by Gasteiger charge is 2.30. The molecular formula is C7H7F3N2. The molecule has 0 amide bonds. The number of hydrogen-bond acceptors (Lipinski definition) is 2. The van der Waals surface area contributed by atoms with Crippen LogP contribution >= 0.6 is 0 Å². The maximum absolute atomic E-state index is 12.0. The van der Waals surface area contributed by atoms with Crippen molar-refractivity contribution in [2.24, 2.45) is 5.73 Å². The molecule has 0 aliphatic heterocycles. The number of halogens is 3. The monoisotopic (exact) mass is 176 g/mol. The van der Waals surface area contributed by atoms with E-state index < -0.39 is 11.7 Å². The molecule has 0 aliphatic rings. The molecule has 12 heavy (non-hydrogen) atoms. The summed E-state index contributed by atoms with van der Waals surface area (Å²) in [5.74, 6) is 0. The maximum Gasteiger partial charge on any atom is 0.416 e. The third-order valence-corrected chi connectivity index (χ3v) is 1.35. The van der Waals surface area contributed by atoms with E-state index in [0.717, 1.165) is 18.3 Å². The molecule has 0 atom stereocenters. The molecule has 0 saturated heterocycles. The Kier molecular flexibility index (Phi) is 2.32. The highest BCUT2D eigenvalue weighted by Crippen LogP contribution is 2.28. The van der Waals surface area contributed by atoms with Gasteiger partial charge >= 0.3 is 6.18 Å². The third-order valence-electron chi connectivity index (χ3n) is 1.35. The minimum absolute atomic E-state index is 0.0178. The summed E-state index contributed by atoms with van der Waals surface area (Å²) >= 11 is 0. The zero-order chi connectivity index (χ0) is 9.19. The normalized spacial score (nSPS) is 11.7. The van der Waals surface area contributed by atoms with E-state index in [2.05, 4.69) is 4.98 Å².